The maximum Gasteiger partial charge on any atom is 0.326 e. The molecule has 9 nitrogen and oxygen atoms in total. The predicted octanol–water partition coefficient (Wildman–Crippen LogP) is 0.390. The van der Waals surface area contributed by atoms with E-state index in [-0.39, 0.29) is 31.8 Å². The number of carbonyl (C=O) groups excluding carboxylic acids is 2. The molecule has 0 aliphatic carbocycles. The van der Waals surface area contributed by atoms with E-state index >= 15 is 0 Å². The summed E-state index contributed by atoms with van der Waals surface area (Å²) in [5.74, 6) is -2.19. The highest BCUT2D eigenvalue weighted by Crippen LogP contribution is 2.34. The van der Waals surface area contributed by atoms with E-state index in [1.807, 2.05) is 30.3 Å². The van der Waals surface area contributed by atoms with Gasteiger partial charge in [0.15, 0.2) is 5.79 Å². The van der Waals surface area contributed by atoms with Gasteiger partial charge in [0.25, 0.3) is 0 Å². The number of ether oxygens (including phenoxy) is 3. The van der Waals surface area contributed by atoms with Gasteiger partial charge in [0.2, 0.25) is 11.8 Å². The average molecular weight is 392 g/mol. The van der Waals surface area contributed by atoms with Crippen molar-refractivity contribution in [3.8, 4) is 5.75 Å². The first-order valence-electron chi connectivity index (χ1n) is 9.24. The van der Waals surface area contributed by atoms with Gasteiger partial charge in [0, 0.05) is 12.8 Å². The van der Waals surface area contributed by atoms with Gasteiger partial charge in [-0.1, -0.05) is 18.2 Å². The first kappa shape index (κ1) is 20.1. The van der Waals surface area contributed by atoms with E-state index in [4.69, 9.17) is 14.2 Å². The largest absolute Gasteiger partial charge is 0.494 e. The Morgan fingerprint density at radius 1 is 1.21 bits per heavy atom. The first-order chi connectivity index (χ1) is 13.5. The Morgan fingerprint density at radius 2 is 1.93 bits per heavy atom. The SMILES string of the molecule is O=C(CCCOc1ccccc1)NCC(=O)N1CC2(CC1C(=O)O)OCCO2. The van der Waals surface area contributed by atoms with Crippen LogP contribution in [0.3, 0.4) is 0 Å². The molecule has 152 valence electrons. The molecule has 2 aliphatic heterocycles. The molecule has 1 aromatic carbocycles. The lowest BCUT2D eigenvalue weighted by molar-refractivity contribution is -0.152. The number of carbonyl (C=O) groups is 3. The number of carboxylic acids is 1. The second-order valence-electron chi connectivity index (χ2n) is 6.73. The van der Waals surface area contributed by atoms with Crippen LogP contribution in [0, 0.1) is 0 Å². The van der Waals surface area contributed by atoms with Crippen molar-refractivity contribution in [2.24, 2.45) is 0 Å². The highest BCUT2D eigenvalue weighted by atomic mass is 16.7. The standard InChI is InChI=1S/C19H24N2O7/c22-16(7-4-8-26-14-5-2-1-3-6-14)20-12-17(23)21-13-19(27-9-10-28-19)11-15(21)18(24)25/h1-3,5-6,15H,4,7-13H2,(H,20,22)(H,24,25). The summed E-state index contributed by atoms with van der Waals surface area (Å²) in [4.78, 5) is 37.0. The van der Waals surface area contributed by atoms with E-state index in [0.717, 1.165) is 5.75 Å². The lowest BCUT2D eigenvalue weighted by atomic mass is 10.1. The number of para-hydroxylation sites is 1. The minimum Gasteiger partial charge on any atom is -0.494 e. The van der Waals surface area contributed by atoms with Gasteiger partial charge < -0.3 is 29.5 Å². The predicted molar refractivity (Wildman–Crippen MR) is 96.6 cm³/mol. The van der Waals surface area contributed by atoms with E-state index in [1.54, 1.807) is 0 Å². The minimum absolute atomic E-state index is 0.0452. The molecule has 2 amide bonds. The smallest absolute Gasteiger partial charge is 0.326 e. The van der Waals surface area contributed by atoms with Crippen molar-refractivity contribution >= 4 is 17.8 Å². The van der Waals surface area contributed by atoms with Crippen LogP contribution in [0.1, 0.15) is 19.3 Å². The summed E-state index contributed by atoms with van der Waals surface area (Å²) in [6.45, 7) is 0.907. The van der Waals surface area contributed by atoms with E-state index in [0.29, 0.717) is 26.2 Å². The van der Waals surface area contributed by atoms with E-state index in [2.05, 4.69) is 5.32 Å². The Morgan fingerprint density at radius 3 is 2.61 bits per heavy atom. The number of carboxylic acid groups (broad SMARTS) is 1. The number of likely N-dealkylation sites (tertiary alicyclic amines) is 1. The zero-order chi connectivity index (χ0) is 20.0. The lowest BCUT2D eigenvalue weighted by Crippen LogP contribution is -2.46. The Balaban J connectivity index is 1.40. The van der Waals surface area contributed by atoms with Gasteiger partial charge in [0.1, 0.15) is 11.8 Å². The normalized spacial score (nSPS) is 20.3. The number of hydrogen-bond donors (Lipinski definition) is 2. The fourth-order valence-electron chi connectivity index (χ4n) is 3.33. The molecule has 1 atom stereocenters. The molecular weight excluding hydrogens is 368 g/mol. The molecule has 0 bridgehead atoms. The molecule has 1 spiro atoms. The second-order valence-corrected chi connectivity index (χ2v) is 6.73. The van der Waals surface area contributed by atoms with Gasteiger partial charge in [-0.2, -0.15) is 0 Å². The Kier molecular flexibility index (Phi) is 6.48. The topological polar surface area (TPSA) is 114 Å². The van der Waals surface area contributed by atoms with Crippen LogP contribution < -0.4 is 10.1 Å². The highest BCUT2D eigenvalue weighted by molar-refractivity contribution is 5.88. The Labute approximate surface area is 162 Å². The first-order valence-corrected chi connectivity index (χ1v) is 9.24. The number of rotatable bonds is 8. The fourth-order valence-corrected chi connectivity index (χ4v) is 3.33. The van der Waals surface area contributed by atoms with Crippen LogP contribution in [0.4, 0.5) is 0 Å². The van der Waals surface area contributed by atoms with Crippen LogP contribution in [0.25, 0.3) is 0 Å². The van der Waals surface area contributed by atoms with Crippen molar-refractivity contribution in [2.75, 3.05) is 32.9 Å². The number of aliphatic carboxylic acids is 1. The summed E-state index contributed by atoms with van der Waals surface area (Å²) >= 11 is 0. The summed E-state index contributed by atoms with van der Waals surface area (Å²) in [7, 11) is 0. The van der Waals surface area contributed by atoms with E-state index < -0.39 is 23.7 Å². The fraction of sp³-hybridized carbons (Fsp3) is 0.526. The quantitative estimate of drug-likeness (QED) is 0.615. The molecule has 0 aromatic heterocycles. The molecule has 1 unspecified atom stereocenters. The van der Waals surface area contributed by atoms with E-state index in [1.165, 1.54) is 4.90 Å². The zero-order valence-electron chi connectivity index (χ0n) is 15.5. The van der Waals surface area contributed by atoms with Crippen molar-refractivity contribution in [3.05, 3.63) is 30.3 Å². The lowest BCUT2D eigenvalue weighted by Gasteiger charge is -2.23. The zero-order valence-corrected chi connectivity index (χ0v) is 15.5. The molecule has 9 heteroatoms. The van der Waals surface area contributed by atoms with Crippen LogP contribution in [0.15, 0.2) is 30.3 Å². The molecule has 28 heavy (non-hydrogen) atoms. The highest BCUT2D eigenvalue weighted by Gasteiger charge is 2.52. The minimum atomic E-state index is -1.12. The van der Waals surface area contributed by atoms with Gasteiger partial charge in [-0.3, -0.25) is 9.59 Å². The van der Waals surface area contributed by atoms with Crippen molar-refractivity contribution in [1.29, 1.82) is 0 Å². The summed E-state index contributed by atoms with van der Waals surface area (Å²) in [5.41, 5.74) is 0. The molecule has 2 N–H and O–H groups in total. The van der Waals surface area contributed by atoms with Crippen molar-refractivity contribution in [3.63, 3.8) is 0 Å². The summed E-state index contributed by atoms with van der Waals surface area (Å²) in [6.07, 6.45) is 0.790. The number of benzene rings is 1. The summed E-state index contributed by atoms with van der Waals surface area (Å²) in [5, 5.41) is 11.9. The molecule has 2 fully saturated rings. The summed E-state index contributed by atoms with van der Waals surface area (Å²) in [6, 6.07) is 8.25. The third-order valence-corrected chi connectivity index (χ3v) is 4.71. The summed E-state index contributed by atoms with van der Waals surface area (Å²) < 4.78 is 16.5. The average Bonchev–Trinajstić information content (AvgIpc) is 3.31. The van der Waals surface area contributed by atoms with Gasteiger partial charge in [0.05, 0.1) is 32.9 Å². The molecule has 2 heterocycles. The third-order valence-electron chi connectivity index (χ3n) is 4.71. The molecule has 2 aliphatic rings. The van der Waals surface area contributed by atoms with Crippen LogP contribution in [-0.2, 0) is 23.9 Å². The maximum absolute atomic E-state index is 12.4. The molecule has 1 aromatic rings. The molecular formula is C19H24N2O7. The van der Waals surface area contributed by atoms with Crippen molar-refractivity contribution < 1.29 is 33.7 Å². The van der Waals surface area contributed by atoms with E-state index in [9.17, 15) is 19.5 Å². The monoisotopic (exact) mass is 392 g/mol. The van der Waals surface area contributed by atoms with Crippen molar-refractivity contribution in [2.45, 2.75) is 31.1 Å². The second kappa shape index (κ2) is 9.03. The van der Waals surface area contributed by atoms with Crippen LogP contribution in [0.5, 0.6) is 5.75 Å². The van der Waals surface area contributed by atoms with Gasteiger partial charge >= 0.3 is 5.97 Å². The van der Waals surface area contributed by atoms with Crippen LogP contribution in [0.2, 0.25) is 0 Å². The van der Waals surface area contributed by atoms with Crippen LogP contribution >= 0.6 is 0 Å². The number of amides is 2. The molecule has 3 rings (SSSR count). The molecule has 2 saturated heterocycles. The van der Waals surface area contributed by atoms with Gasteiger partial charge in [-0.25, -0.2) is 4.79 Å². The molecule has 0 saturated carbocycles. The third kappa shape index (κ3) is 4.99. The van der Waals surface area contributed by atoms with Crippen molar-refractivity contribution in [1.82, 2.24) is 10.2 Å². The van der Waals surface area contributed by atoms with Gasteiger partial charge in [-0.15, -0.1) is 0 Å². The number of nitrogens with zero attached hydrogens (tertiary/aromatic N) is 1. The number of nitrogens with one attached hydrogen (secondary N) is 1. The molecule has 0 radical (unpaired) electrons. The maximum atomic E-state index is 12.4. The Bertz CT molecular complexity index is 703. The van der Waals surface area contributed by atoms with Crippen LogP contribution in [-0.4, -0.2) is 72.5 Å². The number of hydrogen-bond acceptors (Lipinski definition) is 6. The Hall–Kier alpha value is -2.65. The van der Waals surface area contributed by atoms with Gasteiger partial charge in [-0.05, 0) is 18.6 Å².